The third kappa shape index (κ3) is 2.47. The molecule has 4 nitrogen and oxygen atoms in total. The largest absolute Gasteiger partial charge is 0.391 e. The number of aromatic nitrogens is 2. The molecule has 112 valence electrons. The molecule has 1 N–H and O–H groups in total. The van der Waals surface area contributed by atoms with Gasteiger partial charge in [0.25, 0.3) is 0 Å². The van der Waals surface area contributed by atoms with Crippen LogP contribution in [0.2, 0.25) is 5.15 Å². The average Bonchev–Trinajstić information content (AvgIpc) is 2.36. The lowest BCUT2D eigenvalue weighted by Crippen LogP contribution is -2.54. The summed E-state index contributed by atoms with van der Waals surface area (Å²) in [4.78, 5) is 11.0. The average molecular weight is 306 g/mol. The summed E-state index contributed by atoms with van der Waals surface area (Å²) < 4.78 is 0. The zero-order valence-electron chi connectivity index (χ0n) is 12.5. The van der Waals surface area contributed by atoms with E-state index in [-0.39, 0.29) is 12.1 Å². The van der Waals surface area contributed by atoms with Gasteiger partial charge in [0.1, 0.15) is 11.0 Å². The van der Waals surface area contributed by atoms with Crippen LogP contribution in [0.1, 0.15) is 38.7 Å². The molecule has 2 atom stereocenters. The summed E-state index contributed by atoms with van der Waals surface area (Å²) in [6.07, 6.45) is 4.35. The van der Waals surface area contributed by atoms with Crippen molar-refractivity contribution in [2.24, 2.45) is 0 Å². The van der Waals surface area contributed by atoms with Gasteiger partial charge >= 0.3 is 0 Å². The fourth-order valence-corrected chi connectivity index (χ4v) is 3.14. The highest BCUT2D eigenvalue weighted by atomic mass is 35.5. The Morgan fingerprint density at radius 3 is 2.57 bits per heavy atom. The number of aliphatic hydroxyl groups excluding tert-OH is 1. The van der Waals surface area contributed by atoms with Gasteiger partial charge in [0.15, 0.2) is 0 Å². The van der Waals surface area contributed by atoms with Crippen molar-refractivity contribution in [2.75, 3.05) is 11.4 Å². The van der Waals surface area contributed by atoms with Crippen molar-refractivity contribution in [1.29, 1.82) is 0 Å². The SMILES string of the molecule is CC(C)c1cnc(N2CCC2C(C)O)c2cnc(Cl)cc12. The molecule has 0 saturated carbocycles. The third-order valence-corrected chi connectivity index (χ3v) is 4.47. The summed E-state index contributed by atoms with van der Waals surface area (Å²) >= 11 is 6.07. The number of halogens is 1. The normalized spacial score (nSPS) is 19.9. The Labute approximate surface area is 129 Å². The van der Waals surface area contributed by atoms with Crippen molar-refractivity contribution >= 4 is 28.2 Å². The number of rotatable bonds is 3. The second kappa shape index (κ2) is 5.43. The minimum atomic E-state index is -0.361. The molecule has 3 heterocycles. The molecule has 1 aliphatic heterocycles. The van der Waals surface area contributed by atoms with E-state index in [1.165, 1.54) is 5.56 Å². The Balaban J connectivity index is 2.15. The van der Waals surface area contributed by atoms with Crippen molar-refractivity contribution in [3.05, 3.63) is 29.2 Å². The second-order valence-corrected chi connectivity index (χ2v) is 6.42. The summed E-state index contributed by atoms with van der Waals surface area (Å²) in [5.74, 6) is 1.27. The lowest BCUT2D eigenvalue weighted by molar-refractivity contribution is 0.133. The quantitative estimate of drug-likeness (QED) is 0.883. The Kier molecular flexibility index (Phi) is 3.76. The van der Waals surface area contributed by atoms with E-state index in [1.54, 1.807) is 6.20 Å². The van der Waals surface area contributed by atoms with Crippen molar-refractivity contribution < 1.29 is 5.11 Å². The maximum atomic E-state index is 9.86. The minimum Gasteiger partial charge on any atom is -0.391 e. The highest BCUT2D eigenvalue weighted by Crippen LogP contribution is 2.36. The molecule has 0 amide bonds. The van der Waals surface area contributed by atoms with E-state index in [9.17, 15) is 5.11 Å². The minimum absolute atomic E-state index is 0.140. The van der Waals surface area contributed by atoms with Gasteiger partial charge in [-0.1, -0.05) is 25.4 Å². The van der Waals surface area contributed by atoms with Crippen LogP contribution in [0.15, 0.2) is 18.5 Å². The van der Waals surface area contributed by atoms with Crippen LogP contribution in [0.5, 0.6) is 0 Å². The lowest BCUT2D eigenvalue weighted by Gasteiger charge is -2.44. The first-order valence-corrected chi connectivity index (χ1v) is 7.75. The van der Waals surface area contributed by atoms with Gasteiger partial charge in [0.2, 0.25) is 0 Å². The van der Waals surface area contributed by atoms with Gasteiger partial charge in [-0.05, 0) is 36.3 Å². The topological polar surface area (TPSA) is 49.2 Å². The summed E-state index contributed by atoms with van der Waals surface area (Å²) in [6, 6.07) is 2.05. The maximum Gasteiger partial charge on any atom is 0.138 e. The maximum absolute atomic E-state index is 9.86. The zero-order valence-corrected chi connectivity index (χ0v) is 13.3. The van der Waals surface area contributed by atoms with Crippen LogP contribution in [0.25, 0.3) is 10.8 Å². The fraction of sp³-hybridized carbons (Fsp3) is 0.500. The molecule has 3 rings (SSSR count). The highest BCUT2D eigenvalue weighted by molar-refractivity contribution is 6.30. The molecular weight excluding hydrogens is 286 g/mol. The van der Waals surface area contributed by atoms with E-state index in [4.69, 9.17) is 11.6 Å². The van der Waals surface area contributed by atoms with Crippen molar-refractivity contribution in [3.8, 4) is 0 Å². The molecular formula is C16H20ClN3O. The molecule has 2 aromatic heterocycles. The van der Waals surface area contributed by atoms with Gasteiger partial charge in [-0.25, -0.2) is 9.97 Å². The van der Waals surface area contributed by atoms with E-state index in [0.29, 0.717) is 11.1 Å². The number of anilines is 1. The summed E-state index contributed by atoms with van der Waals surface area (Å²) in [6.45, 7) is 7.04. The number of fused-ring (bicyclic) bond motifs is 1. The van der Waals surface area contributed by atoms with E-state index >= 15 is 0 Å². The predicted molar refractivity (Wildman–Crippen MR) is 86.1 cm³/mol. The van der Waals surface area contributed by atoms with Gasteiger partial charge in [0, 0.05) is 24.3 Å². The van der Waals surface area contributed by atoms with Crippen molar-refractivity contribution in [3.63, 3.8) is 0 Å². The molecule has 0 aromatic carbocycles. The van der Waals surface area contributed by atoms with Crippen LogP contribution in [0, 0.1) is 0 Å². The molecule has 5 heteroatoms. The molecule has 0 bridgehead atoms. The summed E-state index contributed by atoms with van der Waals surface area (Å²) in [5.41, 5.74) is 1.17. The Morgan fingerprint density at radius 1 is 1.24 bits per heavy atom. The Bertz CT molecular complexity index is 672. The predicted octanol–water partition coefficient (Wildman–Crippen LogP) is 3.37. The molecule has 1 aliphatic rings. The van der Waals surface area contributed by atoms with Gasteiger partial charge in [-0.3, -0.25) is 0 Å². The number of hydrogen-bond acceptors (Lipinski definition) is 4. The van der Waals surface area contributed by atoms with Crippen LogP contribution in [-0.4, -0.2) is 33.8 Å². The summed E-state index contributed by atoms with van der Waals surface area (Å²) in [5, 5.41) is 12.5. The fourth-order valence-electron chi connectivity index (χ4n) is 2.98. The van der Waals surface area contributed by atoms with E-state index in [2.05, 4.69) is 28.7 Å². The first kappa shape index (κ1) is 14.5. The Morgan fingerprint density at radius 2 is 2.00 bits per heavy atom. The first-order valence-electron chi connectivity index (χ1n) is 7.38. The number of pyridine rings is 2. The first-order chi connectivity index (χ1) is 9.99. The number of aliphatic hydroxyl groups is 1. The van der Waals surface area contributed by atoms with E-state index in [0.717, 1.165) is 29.6 Å². The van der Waals surface area contributed by atoms with E-state index < -0.39 is 0 Å². The molecule has 0 spiro atoms. The molecule has 2 unspecified atom stereocenters. The molecule has 1 fully saturated rings. The van der Waals surface area contributed by atoms with Gasteiger partial charge < -0.3 is 10.0 Å². The van der Waals surface area contributed by atoms with Crippen LogP contribution in [0.3, 0.4) is 0 Å². The van der Waals surface area contributed by atoms with Gasteiger partial charge in [0.05, 0.1) is 12.1 Å². The highest BCUT2D eigenvalue weighted by Gasteiger charge is 2.33. The molecule has 2 aromatic rings. The van der Waals surface area contributed by atoms with Crippen molar-refractivity contribution in [2.45, 2.75) is 45.3 Å². The Hall–Kier alpha value is -1.39. The second-order valence-electron chi connectivity index (χ2n) is 6.03. The molecule has 1 saturated heterocycles. The molecule has 21 heavy (non-hydrogen) atoms. The molecule has 0 radical (unpaired) electrons. The van der Waals surface area contributed by atoms with Crippen molar-refractivity contribution in [1.82, 2.24) is 9.97 Å². The monoisotopic (exact) mass is 305 g/mol. The zero-order chi connectivity index (χ0) is 15.1. The van der Waals surface area contributed by atoms with E-state index in [1.807, 2.05) is 19.2 Å². The third-order valence-electron chi connectivity index (χ3n) is 4.27. The van der Waals surface area contributed by atoms with Gasteiger partial charge in [-0.2, -0.15) is 0 Å². The van der Waals surface area contributed by atoms with Gasteiger partial charge in [-0.15, -0.1) is 0 Å². The van der Waals surface area contributed by atoms with Crippen LogP contribution >= 0.6 is 11.6 Å². The summed E-state index contributed by atoms with van der Waals surface area (Å²) in [7, 11) is 0. The smallest absolute Gasteiger partial charge is 0.138 e. The number of hydrogen-bond donors (Lipinski definition) is 1. The standard InChI is InChI=1S/C16H20ClN3O/c1-9(2)12-7-19-16(20-5-4-14(20)10(3)21)13-8-18-15(17)6-11(12)13/h6-10,14,21H,4-5H2,1-3H3. The lowest BCUT2D eigenvalue weighted by atomic mass is 9.95. The van der Waals surface area contributed by atoms with Crippen LogP contribution in [0.4, 0.5) is 5.82 Å². The number of nitrogens with zero attached hydrogens (tertiary/aromatic N) is 3. The molecule has 0 aliphatic carbocycles. The van der Waals surface area contributed by atoms with Crippen LogP contribution in [-0.2, 0) is 0 Å². The van der Waals surface area contributed by atoms with Crippen LogP contribution < -0.4 is 4.90 Å².